The van der Waals surface area contributed by atoms with Crippen LogP contribution in [0.2, 0.25) is 0 Å². The van der Waals surface area contributed by atoms with Gasteiger partial charge in [-0.1, -0.05) is 36.3 Å². The molecule has 11 nitrogen and oxygen atoms in total. The number of benzene rings is 1. The van der Waals surface area contributed by atoms with Crippen molar-refractivity contribution in [2.24, 2.45) is 0 Å². The number of urea groups is 1. The average Bonchev–Trinajstić information content (AvgIpc) is 3.37. The van der Waals surface area contributed by atoms with Crippen LogP contribution in [-0.2, 0) is 25.7 Å². The lowest BCUT2D eigenvalue weighted by molar-refractivity contribution is -0.190. The molecule has 2 N–H and O–H groups in total. The van der Waals surface area contributed by atoms with Gasteiger partial charge in [-0.25, -0.2) is 9.80 Å². The van der Waals surface area contributed by atoms with E-state index in [1.54, 1.807) is 4.90 Å². The van der Waals surface area contributed by atoms with Crippen LogP contribution in [0.4, 0.5) is 4.79 Å². The van der Waals surface area contributed by atoms with Crippen LogP contribution in [0.1, 0.15) is 31.2 Å². The number of nitrogens with one attached hydrogen (secondary N) is 1. The van der Waals surface area contributed by atoms with Gasteiger partial charge in [-0.15, -0.1) is 6.42 Å². The molecular weight excluding hydrogens is 466 g/mol. The molecule has 3 saturated heterocycles. The van der Waals surface area contributed by atoms with Crippen LogP contribution in [-0.4, -0.2) is 99.8 Å². The summed E-state index contributed by atoms with van der Waals surface area (Å²) in [5.74, 6) is 0.734. The van der Waals surface area contributed by atoms with E-state index in [0.717, 1.165) is 18.4 Å². The summed E-state index contributed by atoms with van der Waals surface area (Å²) >= 11 is 0. The number of carboxylic acids is 1. The van der Waals surface area contributed by atoms with Crippen LogP contribution in [0, 0.1) is 12.3 Å². The monoisotopic (exact) mass is 497 g/mol. The highest BCUT2D eigenvalue weighted by Crippen LogP contribution is 2.29. The van der Waals surface area contributed by atoms with E-state index in [1.807, 2.05) is 30.3 Å². The molecule has 1 aromatic rings. The molecule has 0 spiro atoms. The van der Waals surface area contributed by atoms with Crippen molar-refractivity contribution < 1.29 is 29.0 Å². The third-order valence-electron chi connectivity index (χ3n) is 6.68. The topological polar surface area (TPSA) is 123 Å². The van der Waals surface area contributed by atoms with E-state index in [1.165, 1.54) is 14.9 Å². The smallest absolute Gasteiger partial charge is 0.334 e. The van der Waals surface area contributed by atoms with E-state index >= 15 is 0 Å². The highest BCUT2D eigenvalue weighted by Gasteiger charge is 2.51. The van der Waals surface area contributed by atoms with E-state index in [2.05, 4.69) is 11.2 Å². The molecule has 1 aromatic carbocycles. The third kappa shape index (κ3) is 5.61. The number of hydrogen-bond donors (Lipinski definition) is 2. The fourth-order valence-electron chi connectivity index (χ4n) is 5.03. The van der Waals surface area contributed by atoms with Crippen molar-refractivity contribution in [2.75, 3.05) is 32.8 Å². The molecule has 0 aliphatic carbocycles. The van der Waals surface area contributed by atoms with Gasteiger partial charge in [0.15, 0.2) is 0 Å². The van der Waals surface area contributed by atoms with E-state index in [9.17, 15) is 24.3 Å². The second-order valence-electron chi connectivity index (χ2n) is 9.12. The molecule has 3 aliphatic rings. The summed E-state index contributed by atoms with van der Waals surface area (Å²) in [6.07, 6.45) is 5.95. The van der Waals surface area contributed by atoms with Crippen LogP contribution in [0.15, 0.2) is 30.3 Å². The number of amides is 4. The van der Waals surface area contributed by atoms with Crippen molar-refractivity contribution in [2.45, 2.75) is 50.5 Å². The summed E-state index contributed by atoms with van der Waals surface area (Å²) in [6.45, 7) is 1.11. The van der Waals surface area contributed by atoms with Crippen LogP contribution >= 0.6 is 0 Å². The maximum atomic E-state index is 13.5. The maximum Gasteiger partial charge on any atom is 0.334 e. The van der Waals surface area contributed by atoms with Crippen LogP contribution in [0.3, 0.4) is 0 Å². The number of carboxylic acid groups (broad SMARTS) is 1. The van der Waals surface area contributed by atoms with Crippen molar-refractivity contribution in [1.82, 2.24) is 25.1 Å². The predicted molar refractivity (Wildman–Crippen MR) is 128 cm³/mol. The van der Waals surface area contributed by atoms with Gasteiger partial charge in [-0.2, -0.15) is 5.01 Å². The molecule has 1 unspecified atom stereocenters. The number of piperazine rings is 1. The lowest BCUT2D eigenvalue weighted by Gasteiger charge is -2.55. The second kappa shape index (κ2) is 11.4. The highest BCUT2D eigenvalue weighted by molar-refractivity contribution is 5.91. The zero-order valence-corrected chi connectivity index (χ0v) is 20.0. The number of fused-ring (bicyclic) bond motifs is 1. The minimum Gasteiger partial charge on any atom is -0.481 e. The molecule has 0 bridgehead atoms. The molecule has 0 aromatic heterocycles. The first-order valence-corrected chi connectivity index (χ1v) is 12.1. The van der Waals surface area contributed by atoms with Gasteiger partial charge in [-0.3, -0.25) is 14.4 Å². The molecule has 4 amide bonds. The largest absolute Gasteiger partial charge is 0.481 e. The molecule has 3 aliphatic heterocycles. The molecule has 3 fully saturated rings. The summed E-state index contributed by atoms with van der Waals surface area (Å²) in [7, 11) is 0. The molecule has 3 atom stereocenters. The zero-order chi connectivity index (χ0) is 25.7. The first-order chi connectivity index (χ1) is 17.4. The minimum atomic E-state index is -1.06. The number of hydrogen-bond acceptors (Lipinski definition) is 6. The van der Waals surface area contributed by atoms with Crippen molar-refractivity contribution in [3.63, 3.8) is 0 Å². The summed E-state index contributed by atoms with van der Waals surface area (Å²) in [4.78, 5) is 54.4. The van der Waals surface area contributed by atoms with Crippen molar-refractivity contribution in [3.8, 4) is 12.3 Å². The van der Waals surface area contributed by atoms with Gasteiger partial charge in [0, 0.05) is 26.1 Å². The van der Waals surface area contributed by atoms with Gasteiger partial charge >= 0.3 is 12.0 Å². The van der Waals surface area contributed by atoms with E-state index < -0.39 is 24.2 Å². The summed E-state index contributed by atoms with van der Waals surface area (Å²) in [6, 6.07) is 7.94. The fraction of sp³-hybridized carbons (Fsp3) is 0.520. The van der Waals surface area contributed by atoms with Gasteiger partial charge in [0.25, 0.3) is 0 Å². The predicted octanol–water partition coefficient (Wildman–Crippen LogP) is 0.471. The Kier molecular flexibility index (Phi) is 8.07. The van der Waals surface area contributed by atoms with Crippen LogP contribution < -0.4 is 5.32 Å². The Hall–Kier alpha value is -3.62. The van der Waals surface area contributed by atoms with Crippen molar-refractivity contribution in [1.29, 1.82) is 0 Å². The Morgan fingerprint density at radius 3 is 2.67 bits per heavy atom. The maximum absolute atomic E-state index is 13.5. The molecule has 11 heteroatoms. The second-order valence-corrected chi connectivity index (χ2v) is 9.12. The van der Waals surface area contributed by atoms with E-state index in [-0.39, 0.29) is 56.9 Å². The van der Waals surface area contributed by atoms with Gasteiger partial charge in [-0.05, 0) is 24.8 Å². The van der Waals surface area contributed by atoms with E-state index in [4.69, 9.17) is 11.2 Å². The Bertz CT molecular complexity index is 1020. The number of hydrazine groups is 1. The van der Waals surface area contributed by atoms with Crippen LogP contribution in [0.25, 0.3) is 0 Å². The minimum absolute atomic E-state index is 0.0221. The van der Waals surface area contributed by atoms with Gasteiger partial charge in [0.2, 0.25) is 11.8 Å². The lowest BCUT2D eigenvalue weighted by Crippen LogP contribution is -2.76. The molecule has 4 rings (SSSR count). The summed E-state index contributed by atoms with van der Waals surface area (Å²) in [5, 5.41) is 15.1. The number of carbonyl (C=O) groups excluding carboxylic acids is 3. The normalized spacial score (nSPS) is 24.4. The quantitative estimate of drug-likeness (QED) is 0.501. The van der Waals surface area contributed by atoms with Crippen molar-refractivity contribution >= 4 is 23.8 Å². The zero-order valence-electron chi connectivity index (χ0n) is 20.0. The first kappa shape index (κ1) is 25.5. The fourth-order valence-corrected chi connectivity index (χ4v) is 5.03. The Morgan fingerprint density at radius 1 is 1.22 bits per heavy atom. The summed E-state index contributed by atoms with van der Waals surface area (Å²) in [5.41, 5.74) is 0.900. The number of terminal acetylenes is 1. The van der Waals surface area contributed by atoms with Gasteiger partial charge in [0.1, 0.15) is 12.2 Å². The SMILES string of the molecule is C#CCN1CC(=O)N2[C@@H](CCC(=O)O)C(=O)N(CC3CCCO3)C[C@@H]2N1C(=O)NCc1ccccc1. The van der Waals surface area contributed by atoms with Gasteiger partial charge in [0.05, 0.1) is 25.7 Å². The molecular formula is C25H31N5O6. The number of nitrogens with zero attached hydrogens (tertiary/aromatic N) is 4. The number of ether oxygens (including phenoxy) is 1. The van der Waals surface area contributed by atoms with E-state index in [0.29, 0.717) is 13.2 Å². The third-order valence-corrected chi connectivity index (χ3v) is 6.68. The molecule has 36 heavy (non-hydrogen) atoms. The standard InChI is InChI=1S/C25H31N5O6/c1-2-12-28-17-22(31)29-20(10-11-23(32)33)24(34)27(15-19-9-6-13-36-19)16-21(29)30(28)25(35)26-14-18-7-4-3-5-8-18/h1,3-5,7-8,19-21H,6,9-17H2,(H,26,35)(H,32,33)/t19?,20-,21-/m0/s1. The molecule has 3 heterocycles. The number of aliphatic carboxylic acids is 1. The molecule has 0 radical (unpaired) electrons. The first-order valence-electron chi connectivity index (χ1n) is 12.1. The Labute approximate surface area is 209 Å². The van der Waals surface area contributed by atoms with Crippen LogP contribution in [0.5, 0.6) is 0 Å². The highest BCUT2D eigenvalue weighted by atomic mass is 16.5. The number of rotatable bonds is 8. The Morgan fingerprint density at radius 2 is 2.00 bits per heavy atom. The molecule has 0 saturated carbocycles. The Balaban J connectivity index is 1.62. The average molecular weight is 498 g/mol. The van der Waals surface area contributed by atoms with Gasteiger partial charge < -0.3 is 25.0 Å². The lowest BCUT2D eigenvalue weighted by atomic mass is 10.0. The van der Waals surface area contributed by atoms with Crippen molar-refractivity contribution in [3.05, 3.63) is 35.9 Å². The number of carbonyl (C=O) groups is 4. The molecule has 192 valence electrons. The summed E-state index contributed by atoms with van der Waals surface area (Å²) < 4.78 is 5.72.